The molecule has 1 unspecified atom stereocenters. The number of hydrogen-bond acceptors (Lipinski definition) is 18. The van der Waals surface area contributed by atoms with E-state index in [0.29, 0.717) is 147 Å². The number of likely N-dealkylation sites (N-methyl/N-ethyl adjacent to an activating group) is 1. The number of ether oxygens (including phenoxy) is 4. The van der Waals surface area contributed by atoms with Crippen molar-refractivity contribution in [3.8, 4) is 0 Å². The van der Waals surface area contributed by atoms with Gasteiger partial charge in [0.25, 0.3) is 17.7 Å². The van der Waals surface area contributed by atoms with Gasteiger partial charge in [0.2, 0.25) is 29.2 Å². The number of aromatic amines is 1. The third-order valence-electron chi connectivity index (χ3n) is 15.8. The summed E-state index contributed by atoms with van der Waals surface area (Å²) in [5.74, 6) is -3.41. The van der Waals surface area contributed by atoms with Gasteiger partial charge in [0.15, 0.2) is 0 Å². The number of fused-ring (bicyclic) bond motifs is 1. The number of pyridine rings is 1. The maximum atomic E-state index is 16.3. The van der Waals surface area contributed by atoms with E-state index in [2.05, 4.69) is 40.7 Å². The van der Waals surface area contributed by atoms with Crippen molar-refractivity contribution < 1.29 is 65.3 Å². The molecule has 0 saturated carbocycles. The SMILES string of the molecule is C[C@@H]1CN(c2cc(F)c(C3=CCN(c4ncc(CN5CCN(C(=O)CCOCCOCCOCCOCCNc6cccc7c6C(=O)N(C6CCC(=O)NC6=O)C7=O)CC5)cn4)CC3)cc2NC(=O)c2c[nH]c(=O)cc2C(F)(F)F)C[C@H](C)N1C. The first-order valence-corrected chi connectivity index (χ1v) is 28.4. The Morgan fingerprint density at radius 1 is 0.776 bits per heavy atom. The number of carbonyl (C=O) groups is 6. The number of hydrogen-bond donors (Lipinski definition) is 4. The van der Waals surface area contributed by atoms with Crippen molar-refractivity contribution in [2.75, 3.05) is 139 Å². The molecule has 0 spiro atoms. The van der Waals surface area contributed by atoms with E-state index >= 15 is 4.39 Å². The quantitative estimate of drug-likeness (QED) is 0.0439. The molecular formula is C58H70F4N12O11. The van der Waals surface area contributed by atoms with Crippen molar-refractivity contribution in [2.45, 2.75) is 70.4 Å². The van der Waals surface area contributed by atoms with Crippen LogP contribution in [0.5, 0.6) is 0 Å². The van der Waals surface area contributed by atoms with E-state index in [4.69, 9.17) is 18.9 Å². The number of piperidine rings is 1. The molecule has 0 aliphatic carbocycles. The van der Waals surface area contributed by atoms with E-state index in [1.807, 2.05) is 41.7 Å². The molecule has 5 aliphatic rings. The predicted molar refractivity (Wildman–Crippen MR) is 304 cm³/mol. The Kier molecular flexibility index (Phi) is 20.4. The van der Waals surface area contributed by atoms with Crippen LogP contribution in [0.2, 0.25) is 0 Å². The average molecular weight is 1190 g/mol. The second-order valence-electron chi connectivity index (χ2n) is 21.5. The molecule has 2 aromatic carbocycles. The van der Waals surface area contributed by atoms with Gasteiger partial charge in [-0.25, -0.2) is 14.4 Å². The number of amides is 6. The fourth-order valence-corrected chi connectivity index (χ4v) is 11.0. The van der Waals surface area contributed by atoms with Gasteiger partial charge in [0, 0.05) is 125 Å². The second kappa shape index (κ2) is 28.0. The van der Waals surface area contributed by atoms with Crippen LogP contribution in [0.25, 0.3) is 5.57 Å². The van der Waals surface area contributed by atoms with Gasteiger partial charge in [-0.2, -0.15) is 13.2 Å². The topological polar surface area (TPSA) is 254 Å². The number of aromatic nitrogens is 3. The molecular weight excluding hydrogens is 1120 g/mol. The molecule has 0 bridgehead atoms. The average Bonchev–Trinajstić information content (AvgIpc) is 3.46. The number of H-pyrrole nitrogens is 1. The number of alkyl halides is 3. The smallest absolute Gasteiger partial charge is 0.382 e. The molecule has 3 saturated heterocycles. The lowest BCUT2D eigenvalue weighted by atomic mass is 9.97. The fourth-order valence-electron chi connectivity index (χ4n) is 11.0. The fraction of sp³-hybridized carbons (Fsp3) is 0.500. The predicted octanol–water partition coefficient (Wildman–Crippen LogP) is 4.01. The molecule has 7 heterocycles. The van der Waals surface area contributed by atoms with Crippen LogP contribution in [-0.2, 0) is 46.1 Å². The minimum atomic E-state index is -4.98. The molecule has 6 amide bonds. The summed E-state index contributed by atoms with van der Waals surface area (Å²) in [6.45, 7) is 11.8. The van der Waals surface area contributed by atoms with Crippen LogP contribution in [-0.4, -0.2) is 207 Å². The third-order valence-corrected chi connectivity index (χ3v) is 15.8. The summed E-state index contributed by atoms with van der Waals surface area (Å²) >= 11 is 0. The number of rotatable bonds is 24. The summed E-state index contributed by atoms with van der Waals surface area (Å²) in [5, 5.41) is 7.95. The maximum absolute atomic E-state index is 16.3. The first kappa shape index (κ1) is 61.9. The van der Waals surface area contributed by atoms with Gasteiger partial charge in [-0.05, 0) is 63.6 Å². The van der Waals surface area contributed by atoms with Crippen LogP contribution >= 0.6 is 0 Å². The third kappa shape index (κ3) is 15.2. The Labute approximate surface area is 488 Å². The van der Waals surface area contributed by atoms with E-state index in [1.54, 1.807) is 24.5 Å². The van der Waals surface area contributed by atoms with Crippen molar-refractivity contribution >= 4 is 64.0 Å². The number of benzene rings is 2. The standard InChI is InChI=1S/C58H70F4N12O11/c1-36-33-73(34-37(2)69(36)3)48-29-44(59)41(27-46(48)67-53(78)42-32-64-50(76)28-43(42)58(60,61)62)39-9-13-72(14-10-39)57-65-30-38(31-66-57)35-70-15-17-71(18-16-70)51(77)11-19-82-21-23-84-25-26-85-24-22-83-20-12-63-45-6-4-5-40-52(45)56(81)74(55(40)80)47-7-8-49(75)68-54(47)79/h4-6,9,27-32,36-37,47,63H,7-8,10-26,33-35H2,1-3H3,(H,64,76)(H,67,78)(H,68,75,79)/t36-,37+,47?. The van der Waals surface area contributed by atoms with Gasteiger partial charge in [-0.15, -0.1) is 0 Å². The first-order chi connectivity index (χ1) is 40.8. The van der Waals surface area contributed by atoms with E-state index < -0.39 is 64.3 Å². The molecule has 23 nitrogen and oxygen atoms in total. The Balaban J connectivity index is 0.636. The van der Waals surface area contributed by atoms with E-state index in [9.17, 15) is 46.7 Å². The van der Waals surface area contributed by atoms with Gasteiger partial charge in [0.05, 0.1) is 92.9 Å². The van der Waals surface area contributed by atoms with Crippen molar-refractivity contribution in [2.24, 2.45) is 0 Å². The maximum Gasteiger partial charge on any atom is 0.417 e. The van der Waals surface area contributed by atoms with Gasteiger partial charge in [-0.1, -0.05) is 12.1 Å². The molecule has 456 valence electrons. The highest BCUT2D eigenvalue weighted by Gasteiger charge is 2.46. The molecule has 3 atom stereocenters. The first-order valence-electron chi connectivity index (χ1n) is 28.4. The Hall–Kier alpha value is -7.69. The molecule has 2 aromatic heterocycles. The minimum absolute atomic E-state index is 0.0134. The highest BCUT2D eigenvalue weighted by Crippen LogP contribution is 2.38. The minimum Gasteiger partial charge on any atom is -0.382 e. The zero-order valence-electron chi connectivity index (χ0n) is 47.6. The molecule has 85 heavy (non-hydrogen) atoms. The van der Waals surface area contributed by atoms with Crippen molar-refractivity contribution in [1.29, 1.82) is 0 Å². The number of piperazine rings is 2. The summed E-state index contributed by atoms with van der Waals surface area (Å²) in [4.78, 5) is 111. The molecule has 4 aromatic rings. The van der Waals surface area contributed by atoms with E-state index in [1.165, 1.54) is 18.2 Å². The van der Waals surface area contributed by atoms with Crippen molar-refractivity contribution in [3.63, 3.8) is 0 Å². The van der Waals surface area contributed by atoms with Gasteiger partial charge in [0.1, 0.15) is 11.9 Å². The Morgan fingerprint density at radius 2 is 1.45 bits per heavy atom. The number of imide groups is 2. The van der Waals surface area contributed by atoms with Crippen molar-refractivity contribution in [1.82, 2.24) is 39.9 Å². The summed E-state index contributed by atoms with van der Waals surface area (Å²) < 4.78 is 80.7. The number of anilines is 4. The number of carbonyl (C=O) groups excluding carboxylic acids is 6. The van der Waals surface area contributed by atoms with Crippen LogP contribution in [0.1, 0.15) is 87.3 Å². The molecule has 4 N–H and O–H groups in total. The Morgan fingerprint density at radius 3 is 2.09 bits per heavy atom. The lowest BCUT2D eigenvalue weighted by molar-refractivity contribution is -0.138. The summed E-state index contributed by atoms with van der Waals surface area (Å²) in [6, 6.07) is 7.06. The normalized spacial score (nSPS) is 19.8. The summed E-state index contributed by atoms with van der Waals surface area (Å²) in [7, 11) is 1.98. The van der Waals surface area contributed by atoms with Crippen LogP contribution in [0.3, 0.4) is 0 Å². The zero-order valence-corrected chi connectivity index (χ0v) is 47.6. The second-order valence-corrected chi connectivity index (χ2v) is 21.5. The molecule has 9 rings (SSSR count). The highest BCUT2D eigenvalue weighted by atomic mass is 19.4. The van der Waals surface area contributed by atoms with Gasteiger partial charge in [-0.3, -0.25) is 53.6 Å². The van der Waals surface area contributed by atoms with Crippen LogP contribution in [0, 0.1) is 5.82 Å². The van der Waals surface area contributed by atoms with E-state index in [0.717, 1.165) is 16.7 Å². The molecule has 5 aliphatic heterocycles. The number of nitrogens with one attached hydrogen (secondary N) is 4. The molecule has 27 heteroatoms. The molecule has 3 fully saturated rings. The number of halogens is 4. The van der Waals surface area contributed by atoms with Gasteiger partial charge < -0.3 is 49.3 Å². The zero-order chi connectivity index (χ0) is 60.4. The van der Waals surface area contributed by atoms with E-state index in [-0.39, 0.29) is 66.2 Å². The van der Waals surface area contributed by atoms with Crippen LogP contribution < -0.4 is 31.3 Å². The lowest BCUT2D eigenvalue weighted by Gasteiger charge is -2.44. The van der Waals surface area contributed by atoms with Gasteiger partial charge >= 0.3 is 6.18 Å². The summed E-state index contributed by atoms with van der Waals surface area (Å²) in [6.07, 6.45) is 1.89. The summed E-state index contributed by atoms with van der Waals surface area (Å²) in [5.41, 5.74) is -0.133. The monoisotopic (exact) mass is 1190 g/mol. The Bertz CT molecular complexity index is 3180. The number of nitrogens with zero attached hydrogens (tertiary/aromatic N) is 8. The van der Waals surface area contributed by atoms with Crippen LogP contribution in [0.15, 0.2) is 65.9 Å². The highest BCUT2D eigenvalue weighted by molar-refractivity contribution is 6.25. The lowest BCUT2D eigenvalue weighted by Crippen LogP contribution is -2.55. The molecule has 0 radical (unpaired) electrons. The van der Waals surface area contributed by atoms with Crippen molar-refractivity contribution in [3.05, 3.63) is 111 Å². The largest absolute Gasteiger partial charge is 0.417 e. The van der Waals surface area contributed by atoms with Crippen LogP contribution in [0.4, 0.5) is 40.6 Å².